The maximum Gasteiger partial charge on any atom is 0.410 e. The zero-order valence-corrected chi connectivity index (χ0v) is 16.5. The Morgan fingerprint density at radius 3 is 2.52 bits per heavy atom. The first-order valence-electron chi connectivity index (χ1n) is 10.1. The summed E-state index contributed by atoms with van der Waals surface area (Å²) in [4.78, 5) is 18.8. The average molecular weight is 374 g/mol. The smallest absolute Gasteiger partial charge is 0.410 e. The lowest BCUT2D eigenvalue weighted by Gasteiger charge is -2.39. The number of fused-ring (bicyclic) bond motifs is 2. The van der Waals surface area contributed by atoms with Crippen molar-refractivity contribution in [3.05, 3.63) is 18.3 Å². The van der Waals surface area contributed by atoms with Crippen LogP contribution in [0.15, 0.2) is 18.3 Å². The fourth-order valence-corrected chi connectivity index (χ4v) is 4.05. The first-order valence-corrected chi connectivity index (χ1v) is 10.1. The van der Waals surface area contributed by atoms with Crippen LogP contribution in [-0.4, -0.2) is 46.4 Å². The molecule has 6 heteroatoms. The summed E-state index contributed by atoms with van der Waals surface area (Å²) in [6, 6.07) is 4.14. The van der Waals surface area contributed by atoms with E-state index in [9.17, 15) is 4.79 Å². The molecule has 1 saturated carbocycles. The van der Waals surface area contributed by atoms with Crippen molar-refractivity contribution in [2.75, 3.05) is 6.61 Å². The van der Waals surface area contributed by atoms with E-state index >= 15 is 0 Å². The first-order chi connectivity index (χ1) is 12.9. The first kappa shape index (κ1) is 18.4. The molecule has 2 aliphatic heterocycles. The monoisotopic (exact) mass is 374 g/mol. The summed E-state index contributed by atoms with van der Waals surface area (Å²) < 4.78 is 17.6. The Labute approximate surface area is 161 Å². The summed E-state index contributed by atoms with van der Waals surface area (Å²) in [7, 11) is 0. The molecule has 0 aromatic carbocycles. The third kappa shape index (κ3) is 4.66. The van der Waals surface area contributed by atoms with E-state index in [2.05, 4.69) is 4.98 Å². The second-order valence-corrected chi connectivity index (χ2v) is 9.07. The van der Waals surface area contributed by atoms with Gasteiger partial charge >= 0.3 is 6.09 Å². The second kappa shape index (κ2) is 7.21. The van der Waals surface area contributed by atoms with Crippen LogP contribution < -0.4 is 9.47 Å². The summed E-state index contributed by atoms with van der Waals surface area (Å²) in [6.45, 7) is 6.51. The number of amides is 1. The van der Waals surface area contributed by atoms with Crippen molar-refractivity contribution >= 4 is 6.09 Å². The molecule has 1 aliphatic carbocycles. The summed E-state index contributed by atoms with van der Waals surface area (Å²) >= 11 is 0. The Morgan fingerprint density at radius 2 is 1.89 bits per heavy atom. The fraction of sp³-hybridized carbons (Fsp3) is 0.714. The van der Waals surface area contributed by atoms with Crippen molar-refractivity contribution in [3.8, 4) is 11.6 Å². The SMILES string of the molecule is CC(C)(C)OC(=O)N1[C@@H]2CC[C@H]1CC(Oc1cc(OCC3CC3)ccn1)C2. The summed E-state index contributed by atoms with van der Waals surface area (Å²) in [5, 5.41) is 0. The summed E-state index contributed by atoms with van der Waals surface area (Å²) in [5.41, 5.74) is -0.464. The zero-order valence-electron chi connectivity index (χ0n) is 16.5. The summed E-state index contributed by atoms with van der Waals surface area (Å²) in [5.74, 6) is 2.15. The van der Waals surface area contributed by atoms with Gasteiger partial charge < -0.3 is 19.1 Å². The van der Waals surface area contributed by atoms with E-state index in [1.807, 2.05) is 37.8 Å². The lowest BCUT2D eigenvalue weighted by Crippen LogP contribution is -2.50. The average Bonchev–Trinajstić information content (AvgIpc) is 3.36. The van der Waals surface area contributed by atoms with Gasteiger partial charge in [-0.05, 0) is 58.4 Å². The standard InChI is InChI=1S/C21H30N2O4/c1-21(2,3)27-20(24)23-15-6-7-16(23)11-18(10-15)26-19-12-17(8-9-22-19)25-13-14-4-5-14/h8-9,12,14-16,18H,4-7,10-11,13H2,1-3H3/t15-,16+,18?. The minimum Gasteiger partial charge on any atom is -0.493 e. The molecular weight excluding hydrogens is 344 g/mol. The van der Waals surface area contributed by atoms with Gasteiger partial charge in [-0.25, -0.2) is 9.78 Å². The number of rotatable bonds is 5. The maximum absolute atomic E-state index is 12.6. The molecule has 1 aromatic rings. The predicted octanol–water partition coefficient (Wildman–Crippen LogP) is 4.18. The molecule has 3 fully saturated rings. The van der Waals surface area contributed by atoms with Crippen LogP contribution in [0.3, 0.4) is 0 Å². The molecule has 1 amide bonds. The molecule has 0 N–H and O–H groups in total. The Bertz CT molecular complexity index is 669. The van der Waals surface area contributed by atoms with Gasteiger partial charge in [-0.2, -0.15) is 0 Å². The van der Waals surface area contributed by atoms with E-state index in [4.69, 9.17) is 14.2 Å². The van der Waals surface area contributed by atoms with Gasteiger partial charge in [0.25, 0.3) is 0 Å². The van der Waals surface area contributed by atoms with Crippen LogP contribution in [0.5, 0.6) is 11.6 Å². The lowest BCUT2D eigenvalue weighted by atomic mass is 10.0. The molecule has 0 radical (unpaired) electrons. The molecule has 148 valence electrons. The van der Waals surface area contributed by atoms with Gasteiger partial charge in [-0.15, -0.1) is 0 Å². The van der Waals surface area contributed by atoms with Crippen LogP contribution in [0.25, 0.3) is 0 Å². The lowest BCUT2D eigenvalue weighted by molar-refractivity contribution is -0.00761. The van der Waals surface area contributed by atoms with Crippen LogP contribution in [0, 0.1) is 5.92 Å². The minimum atomic E-state index is -0.464. The molecule has 6 nitrogen and oxygen atoms in total. The highest BCUT2D eigenvalue weighted by atomic mass is 16.6. The van der Waals surface area contributed by atoms with E-state index in [0.717, 1.165) is 44.0 Å². The molecule has 2 saturated heterocycles. The van der Waals surface area contributed by atoms with Gasteiger partial charge in [0.1, 0.15) is 17.5 Å². The minimum absolute atomic E-state index is 0.0763. The second-order valence-electron chi connectivity index (χ2n) is 9.07. The van der Waals surface area contributed by atoms with Crippen molar-refractivity contribution < 1.29 is 19.0 Å². The van der Waals surface area contributed by atoms with Crippen LogP contribution >= 0.6 is 0 Å². The van der Waals surface area contributed by atoms with E-state index in [-0.39, 0.29) is 24.3 Å². The molecular formula is C21H30N2O4. The van der Waals surface area contributed by atoms with E-state index < -0.39 is 5.60 Å². The third-order valence-electron chi connectivity index (χ3n) is 5.47. The molecule has 3 aliphatic rings. The number of carbonyl (C=O) groups excluding carboxylic acids is 1. The van der Waals surface area contributed by atoms with E-state index in [0.29, 0.717) is 5.88 Å². The van der Waals surface area contributed by atoms with Crippen molar-refractivity contribution in [1.82, 2.24) is 9.88 Å². The fourth-order valence-electron chi connectivity index (χ4n) is 4.05. The number of hydrogen-bond acceptors (Lipinski definition) is 5. The van der Waals surface area contributed by atoms with Crippen LogP contribution in [0.4, 0.5) is 4.79 Å². The number of carbonyl (C=O) groups is 1. The Kier molecular flexibility index (Phi) is 4.91. The van der Waals surface area contributed by atoms with Crippen molar-refractivity contribution in [2.45, 2.75) is 83.1 Å². The van der Waals surface area contributed by atoms with Gasteiger partial charge in [-0.1, -0.05) is 0 Å². The molecule has 4 rings (SSSR count). The van der Waals surface area contributed by atoms with E-state index in [1.165, 1.54) is 12.8 Å². The van der Waals surface area contributed by atoms with Crippen molar-refractivity contribution in [3.63, 3.8) is 0 Å². The molecule has 27 heavy (non-hydrogen) atoms. The predicted molar refractivity (Wildman–Crippen MR) is 101 cm³/mol. The highest BCUT2D eigenvalue weighted by Crippen LogP contribution is 2.38. The summed E-state index contributed by atoms with van der Waals surface area (Å²) in [6.07, 6.45) is 7.84. The van der Waals surface area contributed by atoms with Crippen molar-refractivity contribution in [2.24, 2.45) is 5.92 Å². The third-order valence-corrected chi connectivity index (χ3v) is 5.47. The number of ether oxygens (including phenoxy) is 3. The quantitative estimate of drug-likeness (QED) is 0.774. The molecule has 3 atom stereocenters. The number of nitrogens with zero attached hydrogens (tertiary/aromatic N) is 2. The molecule has 2 bridgehead atoms. The Hall–Kier alpha value is -1.98. The van der Waals surface area contributed by atoms with Crippen LogP contribution in [0.2, 0.25) is 0 Å². The number of aromatic nitrogens is 1. The topological polar surface area (TPSA) is 60.9 Å². The van der Waals surface area contributed by atoms with Gasteiger partial charge in [0.15, 0.2) is 0 Å². The largest absolute Gasteiger partial charge is 0.493 e. The van der Waals surface area contributed by atoms with Crippen LogP contribution in [0.1, 0.15) is 59.3 Å². The molecule has 0 spiro atoms. The van der Waals surface area contributed by atoms with E-state index in [1.54, 1.807) is 6.20 Å². The number of piperidine rings is 1. The molecule has 1 aromatic heterocycles. The van der Waals surface area contributed by atoms with Crippen LogP contribution in [-0.2, 0) is 4.74 Å². The zero-order chi connectivity index (χ0) is 19.0. The highest BCUT2D eigenvalue weighted by molar-refractivity contribution is 5.69. The van der Waals surface area contributed by atoms with Gasteiger partial charge in [-0.3, -0.25) is 0 Å². The molecule has 3 heterocycles. The van der Waals surface area contributed by atoms with Gasteiger partial charge in [0, 0.05) is 37.2 Å². The maximum atomic E-state index is 12.6. The highest BCUT2D eigenvalue weighted by Gasteiger charge is 2.45. The number of hydrogen-bond donors (Lipinski definition) is 0. The van der Waals surface area contributed by atoms with Gasteiger partial charge in [0.05, 0.1) is 6.61 Å². The normalized spacial score (nSPS) is 27.4. The number of pyridine rings is 1. The Morgan fingerprint density at radius 1 is 1.19 bits per heavy atom. The van der Waals surface area contributed by atoms with Gasteiger partial charge in [0.2, 0.25) is 5.88 Å². The molecule has 1 unspecified atom stereocenters. The Balaban J connectivity index is 1.34. The van der Waals surface area contributed by atoms with Crippen molar-refractivity contribution in [1.29, 1.82) is 0 Å².